The molecule has 0 amide bonds. The summed E-state index contributed by atoms with van der Waals surface area (Å²) < 4.78 is 12.6. The number of nitrogens with one attached hydrogen (secondary N) is 1. The van der Waals surface area contributed by atoms with Crippen LogP contribution in [0.15, 0.2) is 36.7 Å². The zero-order valence-electron chi connectivity index (χ0n) is 8.24. The molecule has 4 heteroatoms. The predicted molar refractivity (Wildman–Crippen MR) is 56.5 cm³/mol. The molecule has 0 saturated carbocycles. The molecule has 0 aliphatic carbocycles. The Kier molecular flexibility index (Phi) is 2.58. The molecule has 0 aliphatic heterocycles. The highest BCUT2D eigenvalue weighted by atomic mass is 19.1. The van der Waals surface area contributed by atoms with Crippen molar-refractivity contribution in [2.24, 2.45) is 0 Å². The van der Waals surface area contributed by atoms with Crippen LogP contribution >= 0.6 is 0 Å². The maximum atomic E-state index is 12.6. The lowest BCUT2D eigenvalue weighted by Gasteiger charge is -2.03. The van der Waals surface area contributed by atoms with Gasteiger partial charge in [0.2, 0.25) is 5.95 Å². The Morgan fingerprint density at radius 3 is 2.27 bits per heavy atom. The fourth-order valence-corrected chi connectivity index (χ4v) is 1.12. The third kappa shape index (κ3) is 2.49. The van der Waals surface area contributed by atoms with Crippen molar-refractivity contribution < 1.29 is 4.39 Å². The first-order valence-corrected chi connectivity index (χ1v) is 4.55. The van der Waals surface area contributed by atoms with Crippen LogP contribution in [0.2, 0.25) is 0 Å². The van der Waals surface area contributed by atoms with E-state index < -0.39 is 0 Å². The van der Waals surface area contributed by atoms with Gasteiger partial charge in [-0.15, -0.1) is 0 Å². The first kappa shape index (κ1) is 9.58. The monoisotopic (exact) mass is 203 g/mol. The molecule has 1 aromatic carbocycles. The molecule has 3 nitrogen and oxygen atoms in total. The van der Waals surface area contributed by atoms with E-state index in [9.17, 15) is 4.39 Å². The number of anilines is 2. The maximum Gasteiger partial charge on any atom is 0.227 e. The van der Waals surface area contributed by atoms with E-state index in [1.807, 2.05) is 6.92 Å². The average molecular weight is 203 g/mol. The molecule has 15 heavy (non-hydrogen) atoms. The van der Waals surface area contributed by atoms with Crippen molar-refractivity contribution in [3.63, 3.8) is 0 Å². The second-order valence-electron chi connectivity index (χ2n) is 3.22. The van der Waals surface area contributed by atoms with Gasteiger partial charge in [0.15, 0.2) is 0 Å². The van der Waals surface area contributed by atoms with Crippen molar-refractivity contribution >= 4 is 11.6 Å². The Balaban J connectivity index is 2.15. The minimum Gasteiger partial charge on any atom is -0.324 e. The molecule has 0 bridgehead atoms. The minimum absolute atomic E-state index is 0.259. The summed E-state index contributed by atoms with van der Waals surface area (Å²) in [7, 11) is 0. The number of rotatable bonds is 2. The second kappa shape index (κ2) is 4.04. The van der Waals surface area contributed by atoms with Gasteiger partial charge in [0.05, 0.1) is 0 Å². The van der Waals surface area contributed by atoms with Gasteiger partial charge in [0.1, 0.15) is 5.82 Å². The van der Waals surface area contributed by atoms with Crippen LogP contribution < -0.4 is 5.32 Å². The summed E-state index contributed by atoms with van der Waals surface area (Å²) >= 11 is 0. The molecule has 1 heterocycles. The minimum atomic E-state index is -0.259. The van der Waals surface area contributed by atoms with Gasteiger partial charge in [-0.05, 0) is 36.8 Å². The molecule has 0 saturated heterocycles. The molecule has 0 fully saturated rings. The van der Waals surface area contributed by atoms with Crippen molar-refractivity contribution in [1.29, 1.82) is 0 Å². The van der Waals surface area contributed by atoms with E-state index in [1.165, 1.54) is 12.1 Å². The van der Waals surface area contributed by atoms with Crippen LogP contribution in [-0.2, 0) is 0 Å². The van der Waals surface area contributed by atoms with E-state index >= 15 is 0 Å². The highest BCUT2D eigenvalue weighted by Crippen LogP contribution is 2.12. The molecule has 2 rings (SSSR count). The Morgan fingerprint density at radius 2 is 1.67 bits per heavy atom. The molecule has 0 atom stereocenters. The highest BCUT2D eigenvalue weighted by Gasteiger charge is 1.96. The Labute approximate surface area is 87.0 Å². The van der Waals surface area contributed by atoms with Gasteiger partial charge in [0, 0.05) is 18.1 Å². The lowest BCUT2D eigenvalue weighted by Crippen LogP contribution is -1.96. The third-order valence-electron chi connectivity index (χ3n) is 1.88. The van der Waals surface area contributed by atoms with E-state index in [0.29, 0.717) is 5.95 Å². The van der Waals surface area contributed by atoms with Crippen LogP contribution in [0.1, 0.15) is 5.56 Å². The fraction of sp³-hybridized carbons (Fsp3) is 0.0909. The lowest BCUT2D eigenvalue weighted by molar-refractivity contribution is 0.628. The third-order valence-corrected chi connectivity index (χ3v) is 1.88. The van der Waals surface area contributed by atoms with Crippen molar-refractivity contribution in [3.05, 3.63) is 48.0 Å². The molecule has 0 unspecified atom stereocenters. The normalized spacial score (nSPS) is 10.0. The summed E-state index contributed by atoms with van der Waals surface area (Å²) in [6, 6.07) is 6.05. The zero-order chi connectivity index (χ0) is 10.7. The van der Waals surface area contributed by atoms with Crippen molar-refractivity contribution in [1.82, 2.24) is 9.97 Å². The van der Waals surface area contributed by atoms with E-state index in [0.717, 1.165) is 11.3 Å². The van der Waals surface area contributed by atoms with Gasteiger partial charge in [-0.3, -0.25) is 0 Å². The number of benzene rings is 1. The number of aromatic nitrogens is 2. The van der Waals surface area contributed by atoms with Crippen molar-refractivity contribution in [2.45, 2.75) is 6.92 Å². The summed E-state index contributed by atoms with van der Waals surface area (Å²) in [6.07, 6.45) is 3.44. The van der Waals surface area contributed by atoms with Gasteiger partial charge >= 0.3 is 0 Å². The summed E-state index contributed by atoms with van der Waals surface area (Å²) in [6.45, 7) is 1.92. The number of hydrogen-bond donors (Lipinski definition) is 1. The van der Waals surface area contributed by atoms with Gasteiger partial charge in [-0.2, -0.15) is 0 Å². The number of nitrogens with zero attached hydrogens (tertiary/aromatic N) is 2. The average Bonchev–Trinajstić information content (AvgIpc) is 2.25. The van der Waals surface area contributed by atoms with Crippen LogP contribution in [0.3, 0.4) is 0 Å². The topological polar surface area (TPSA) is 37.8 Å². The summed E-state index contributed by atoms with van der Waals surface area (Å²) in [4.78, 5) is 8.16. The molecule has 0 spiro atoms. The standard InChI is InChI=1S/C11H10FN3/c1-8-6-13-11(14-7-8)15-10-4-2-9(12)3-5-10/h2-7H,1H3,(H,13,14,15). The van der Waals surface area contributed by atoms with E-state index in [1.54, 1.807) is 24.5 Å². The first-order valence-electron chi connectivity index (χ1n) is 4.55. The van der Waals surface area contributed by atoms with Gasteiger partial charge in [-0.25, -0.2) is 14.4 Å². The van der Waals surface area contributed by atoms with Crippen LogP contribution in [0, 0.1) is 12.7 Å². The fourth-order valence-electron chi connectivity index (χ4n) is 1.12. The molecule has 2 aromatic rings. The molecule has 76 valence electrons. The van der Waals surface area contributed by atoms with Gasteiger partial charge in [0.25, 0.3) is 0 Å². The zero-order valence-corrected chi connectivity index (χ0v) is 8.24. The van der Waals surface area contributed by atoms with E-state index in [4.69, 9.17) is 0 Å². The number of aryl methyl sites for hydroxylation is 1. The Hall–Kier alpha value is -1.97. The smallest absolute Gasteiger partial charge is 0.227 e. The van der Waals surface area contributed by atoms with Crippen LogP contribution in [0.4, 0.5) is 16.0 Å². The SMILES string of the molecule is Cc1cnc(Nc2ccc(F)cc2)nc1. The van der Waals surface area contributed by atoms with Crippen molar-refractivity contribution in [2.75, 3.05) is 5.32 Å². The summed E-state index contributed by atoms with van der Waals surface area (Å²) in [5.41, 5.74) is 1.76. The number of halogens is 1. The quantitative estimate of drug-likeness (QED) is 0.815. The molecular formula is C11H10FN3. The van der Waals surface area contributed by atoms with Gasteiger partial charge in [-0.1, -0.05) is 0 Å². The second-order valence-corrected chi connectivity index (χ2v) is 3.22. The van der Waals surface area contributed by atoms with Crippen LogP contribution in [0.25, 0.3) is 0 Å². The number of hydrogen-bond acceptors (Lipinski definition) is 3. The summed E-state index contributed by atoms with van der Waals surface area (Å²) in [5, 5.41) is 2.97. The highest BCUT2D eigenvalue weighted by molar-refractivity contribution is 5.52. The lowest BCUT2D eigenvalue weighted by atomic mass is 10.3. The van der Waals surface area contributed by atoms with E-state index in [-0.39, 0.29) is 5.82 Å². The van der Waals surface area contributed by atoms with E-state index in [2.05, 4.69) is 15.3 Å². The van der Waals surface area contributed by atoms with Crippen LogP contribution in [-0.4, -0.2) is 9.97 Å². The molecule has 1 N–H and O–H groups in total. The van der Waals surface area contributed by atoms with Crippen molar-refractivity contribution in [3.8, 4) is 0 Å². The molecule has 0 radical (unpaired) electrons. The van der Waals surface area contributed by atoms with Gasteiger partial charge < -0.3 is 5.32 Å². The largest absolute Gasteiger partial charge is 0.324 e. The van der Waals surface area contributed by atoms with Crippen LogP contribution in [0.5, 0.6) is 0 Å². The first-order chi connectivity index (χ1) is 7.24. The molecule has 0 aliphatic rings. The maximum absolute atomic E-state index is 12.6. The summed E-state index contributed by atoms with van der Waals surface area (Å²) in [5.74, 6) is 0.248. The molecular weight excluding hydrogens is 193 g/mol. The Morgan fingerprint density at radius 1 is 1.07 bits per heavy atom. The molecule has 1 aromatic heterocycles. The Bertz CT molecular complexity index is 393. The predicted octanol–water partition coefficient (Wildman–Crippen LogP) is 2.67.